The van der Waals surface area contributed by atoms with Gasteiger partial charge in [0.2, 0.25) is 5.91 Å². The summed E-state index contributed by atoms with van der Waals surface area (Å²) in [6, 6.07) is 6.14. The molecule has 1 aromatic rings. The number of esters is 1. The van der Waals surface area contributed by atoms with E-state index in [9.17, 15) is 14.4 Å². The molecule has 3 rings (SSSR count). The molecule has 0 bridgehead atoms. The van der Waals surface area contributed by atoms with Gasteiger partial charge < -0.3 is 10.1 Å². The minimum absolute atomic E-state index is 0.0197. The molecule has 2 fully saturated rings. The number of amides is 3. The number of imide groups is 1. The standard InChI is InChI=1S/C15H14Cl2N2O4/c16-15(17)5-11(15)8-23-13(21)10-3-1-9(2-4-10)7-19-12(20)6-18-14(19)22/h1-4,11H,5-8H2,(H,18,22)/t11-/m1/s1. The fourth-order valence-electron chi connectivity index (χ4n) is 2.25. The summed E-state index contributed by atoms with van der Waals surface area (Å²) in [5.74, 6) is -0.745. The van der Waals surface area contributed by atoms with Gasteiger partial charge in [-0.25, -0.2) is 9.59 Å². The molecule has 23 heavy (non-hydrogen) atoms. The second kappa shape index (κ2) is 6.02. The van der Waals surface area contributed by atoms with Crippen LogP contribution in [0.4, 0.5) is 4.79 Å². The number of hydrogen-bond acceptors (Lipinski definition) is 4. The van der Waals surface area contributed by atoms with E-state index in [2.05, 4.69) is 5.32 Å². The molecule has 1 atom stereocenters. The van der Waals surface area contributed by atoms with E-state index in [1.54, 1.807) is 24.3 Å². The lowest BCUT2D eigenvalue weighted by molar-refractivity contribution is -0.125. The van der Waals surface area contributed by atoms with Gasteiger partial charge >= 0.3 is 12.0 Å². The zero-order valence-corrected chi connectivity index (χ0v) is 13.6. The number of carbonyl (C=O) groups excluding carboxylic acids is 3. The summed E-state index contributed by atoms with van der Waals surface area (Å²) in [4.78, 5) is 36.0. The number of nitrogens with one attached hydrogen (secondary N) is 1. The van der Waals surface area contributed by atoms with Gasteiger partial charge in [0.25, 0.3) is 0 Å². The number of rotatable bonds is 5. The van der Waals surface area contributed by atoms with E-state index < -0.39 is 16.3 Å². The summed E-state index contributed by atoms with van der Waals surface area (Å²) in [5, 5.41) is 2.45. The Kier molecular flexibility index (Phi) is 4.21. The van der Waals surface area contributed by atoms with Gasteiger partial charge in [0.1, 0.15) is 4.33 Å². The van der Waals surface area contributed by atoms with Crippen LogP contribution in [0, 0.1) is 5.92 Å². The van der Waals surface area contributed by atoms with Crippen LogP contribution in [0.25, 0.3) is 0 Å². The number of halogens is 2. The number of alkyl halides is 2. The topological polar surface area (TPSA) is 75.7 Å². The van der Waals surface area contributed by atoms with Crippen molar-refractivity contribution >= 4 is 41.1 Å². The summed E-state index contributed by atoms with van der Waals surface area (Å²) in [5.41, 5.74) is 1.14. The lowest BCUT2D eigenvalue weighted by Crippen LogP contribution is -2.30. The van der Waals surface area contributed by atoms with Crippen LogP contribution in [0.5, 0.6) is 0 Å². The maximum atomic E-state index is 11.9. The lowest BCUT2D eigenvalue weighted by Gasteiger charge is -2.12. The van der Waals surface area contributed by atoms with Crippen LogP contribution in [-0.2, 0) is 16.1 Å². The number of urea groups is 1. The molecule has 0 radical (unpaired) electrons. The van der Waals surface area contributed by atoms with E-state index in [4.69, 9.17) is 27.9 Å². The van der Waals surface area contributed by atoms with Gasteiger partial charge in [0.15, 0.2) is 0 Å². The van der Waals surface area contributed by atoms with Crippen molar-refractivity contribution in [2.75, 3.05) is 13.2 Å². The summed E-state index contributed by atoms with van der Waals surface area (Å²) in [7, 11) is 0. The maximum Gasteiger partial charge on any atom is 0.338 e. The first-order valence-corrected chi connectivity index (χ1v) is 7.84. The molecule has 1 aromatic carbocycles. The predicted octanol–water partition coefficient (Wildman–Crippen LogP) is 2.09. The fourth-order valence-corrected chi connectivity index (χ4v) is 2.75. The Morgan fingerprint density at radius 3 is 2.48 bits per heavy atom. The van der Waals surface area contributed by atoms with Crippen molar-refractivity contribution < 1.29 is 19.1 Å². The number of hydrogen-bond donors (Lipinski definition) is 1. The van der Waals surface area contributed by atoms with Gasteiger partial charge in [-0.15, -0.1) is 23.2 Å². The number of benzene rings is 1. The Balaban J connectivity index is 1.55. The van der Waals surface area contributed by atoms with Crippen LogP contribution in [0.1, 0.15) is 22.3 Å². The fraction of sp³-hybridized carbons (Fsp3) is 0.400. The highest BCUT2D eigenvalue weighted by Gasteiger charge is 2.52. The summed E-state index contributed by atoms with van der Waals surface area (Å²) < 4.78 is 4.39. The Bertz CT molecular complexity index is 644. The van der Waals surface area contributed by atoms with Crippen LogP contribution >= 0.6 is 23.2 Å². The first kappa shape index (κ1) is 16.1. The third kappa shape index (κ3) is 3.59. The molecule has 122 valence electrons. The quantitative estimate of drug-likeness (QED) is 0.497. The Morgan fingerprint density at radius 1 is 1.30 bits per heavy atom. The number of carbonyl (C=O) groups is 3. The van der Waals surface area contributed by atoms with E-state index in [-0.39, 0.29) is 31.5 Å². The van der Waals surface area contributed by atoms with E-state index in [1.807, 2.05) is 0 Å². The van der Waals surface area contributed by atoms with E-state index in [0.717, 1.165) is 10.5 Å². The largest absolute Gasteiger partial charge is 0.462 e. The van der Waals surface area contributed by atoms with E-state index >= 15 is 0 Å². The number of ether oxygens (including phenoxy) is 1. The third-order valence-corrected chi connectivity index (χ3v) is 4.76. The van der Waals surface area contributed by atoms with Gasteiger partial charge in [-0.1, -0.05) is 12.1 Å². The zero-order valence-electron chi connectivity index (χ0n) is 12.1. The van der Waals surface area contributed by atoms with Gasteiger partial charge in [0.05, 0.1) is 25.3 Å². The smallest absolute Gasteiger partial charge is 0.338 e. The first-order chi connectivity index (χ1) is 10.9. The first-order valence-electron chi connectivity index (χ1n) is 7.09. The van der Waals surface area contributed by atoms with Crippen molar-refractivity contribution in [1.29, 1.82) is 0 Å². The molecule has 1 aliphatic carbocycles. The van der Waals surface area contributed by atoms with Gasteiger partial charge in [0, 0.05) is 5.92 Å². The number of nitrogens with zero attached hydrogens (tertiary/aromatic N) is 1. The average Bonchev–Trinajstić information content (AvgIpc) is 3.03. The molecule has 0 unspecified atom stereocenters. The molecule has 3 amide bonds. The minimum Gasteiger partial charge on any atom is -0.462 e. The highest BCUT2D eigenvalue weighted by molar-refractivity contribution is 6.50. The maximum absolute atomic E-state index is 11.9. The Hall–Kier alpha value is -1.79. The molecule has 8 heteroatoms. The van der Waals surface area contributed by atoms with Crippen LogP contribution < -0.4 is 5.32 Å². The van der Waals surface area contributed by atoms with Crippen LogP contribution in [-0.4, -0.2) is 40.3 Å². The molecular weight excluding hydrogens is 343 g/mol. The zero-order chi connectivity index (χ0) is 16.6. The van der Waals surface area contributed by atoms with Crippen LogP contribution in [0.2, 0.25) is 0 Å². The molecule has 0 aromatic heterocycles. The molecule has 1 heterocycles. The monoisotopic (exact) mass is 356 g/mol. The lowest BCUT2D eigenvalue weighted by atomic mass is 10.1. The van der Waals surface area contributed by atoms with Crippen molar-refractivity contribution in [2.24, 2.45) is 5.92 Å². The Labute approximate surface area is 142 Å². The molecule has 2 aliphatic rings. The summed E-state index contributed by atoms with van der Waals surface area (Å²) in [6.45, 7) is 0.381. The second-order valence-corrected chi connectivity index (χ2v) is 7.14. The van der Waals surface area contributed by atoms with E-state index in [1.165, 1.54) is 0 Å². The average molecular weight is 357 g/mol. The molecular formula is C15H14Cl2N2O4. The van der Waals surface area contributed by atoms with Crippen molar-refractivity contribution in [3.63, 3.8) is 0 Å². The molecule has 6 nitrogen and oxygen atoms in total. The van der Waals surface area contributed by atoms with Gasteiger partial charge in [-0.3, -0.25) is 9.69 Å². The molecule has 1 saturated carbocycles. The van der Waals surface area contributed by atoms with Crippen molar-refractivity contribution in [1.82, 2.24) is 10.2 Å². The molecule has 1 aliphatic heterocycles. The van der Waals surface area contributed by atoms with Crippen molar-refractivity contribution in [3.05, 3.63) is 35.4 Å². The van der Waals surface area contributed by atoms with E-state index in [0.29, 0.717) is 12.0 Å². The van der Waals surface area contributed by atoms with Crippen LogP contribution in [0.3, 0.4) is 0 Å². The molecule has 0 spiro atoms. The molecule has 1 saturated heterocycles. The third-order valence-electron chi connectivity index (χ3n) is 3.84. The van der Waals surface area contributed by atoms with Gasteiger partial charge in [-0.05, 0) is 24.1 Å². The van der Waals surface area contributed by atoms with Crippen molar-refractivity contribution in [3.8, 4) is 0 Å². The van der Waals surface area contributed by atoms with Gasteiger partial charge in [-0.2, -0.15) is 0 Å². The SMILES string of the molecule is O=C(OC[C@H]1CC1(Cl)Cl)c1ccc(CN2C(=O)CNC2=O)cc1. The minimum atomic E-state index is -0.771. The van der Waals surface area contributed by atoms with Crippen LogP contribution in [0.15, 0.2) is 24.3 Å². The highest BCUT2D eigenvalue weighted by atomic mass is 35.5. The summed E-state index contributed by atoms with van der Waals surface area (Å²) in [6.07, 6.45) is 0.619. The summed E-state index contributed by atoms with van der Waals surface area (Å²) >= 11 is 11.7. The van der Waals surface area contributed by atoms with Crippen molar-refractivity contribution in [2.45, 2.75) is 17.3 Å². The second-order valence-electron chi connectivity index (χ2n) is 5.60. The molecule has 1 N–H and O–H groups in total. The predicted molar refractivity (Wildman–Crippen MR) is 83.2 cm³/mol. The highest BCUT2D eigenvalue weighted by Crippen LogP contribution is 2.53. The Morgan fingerprint density at radius 2 is 1.96 bits per heavy atom. The normalized spacial score (nSPS) is 22.0.